The minimum absolute atomic E-state index is 0.300. The molecule has 0 bridgehead atoms. The summed E-state index contributed by atoms with van der Waals surface area (Å²) >= 11 is 0. The van der Waals surface area contributed by atoms with E-state index < -0.39 is 5.97 Å². The molecule has 4 rings (SSSR count). The minimum Gasteiger partial charge on any atom is -0.480 e. The van der Waals surface area contributed by atoms with Crippen molar-refractivity contribution in [3.8, 4) is 5.88 Å². The summed E-state index contributed by atoms with van der Waals surface area (Å²) in [4.78, 5) is 25.5. The molecule has 1 aromatic carbocycles. The second kappa shape index (κ2) is 8.48. The first-order chi connectivity index (χ1) is 14.2. The van der Waals surface area contributed by atoms with E-state index in [1.807, 2.05) is 24.3 Å². The molecule has 0 spiro atoms. The molecule has 0 saturated carbocycles. The highest BCUT2D eigenvalue weighted by Crippen LogP contribution is 2.28. The summed E-state index contributed by atoms with van der Waals surface area (Å²) in [5.41, 5.74) is 1.59. The summed E-state index contributed by atoms with van der Waals surface area (Å²) in [6, 6.07) is 7.72. The zero-order valence-electron chi connectivity index (χ0n) is 16.6. The molecular formula is C21H24N4O4. The van der Waals surface area contributed by atoms with Crippen molar-refractivity contribution in [1.29, 1.82) is 0 Å². The number of aromatic nitrogens is 2. The van der Waals surface area contributed by atoms with Crippen LogP contribution >= 0.6 is 0 Å². The van der Waals surface area contributed by atoms with Crippen LogP contribution < -0.4 is 9.64 Å². The lowest BCUT2D eigenvalue weighted by atomic mass is 10.1. The number of esters is 1. The minimum atomic E-state index is -0.413. The Labute approximate surface area is 169 Å². The van der Waals surface area contributed by atoms with Crippen molar-refractivity contribution in [3.05, 3.63) is 48.0 Å². The van der Waals surface area contributed by atoms with Gasteiger partial charge in [0.25, 0.3) is 0 Å². The number of para-hydroxylation sites is 1. The maximum Gasteiger partial charge on any atom is 0.374 e. The Kier molecular flexibility index (Phi) is 5.62. The van der Waals surface area contributed by atoms with Crippen LogP contribution in [-0.4, -0.2) is 60.7 Å². The molecule has 1 aliphatic heterocycles. The predicted molar refractivity (Wildman–Crippen MR) is 108 cm³/mol. The second-order valence-electron chi connectivity index (χ2n) is 6.81. The molecule has 3 heterocycles. The average Bonchev–Trinajstić information content (AvgIpc) is 3.13. The standard InChI is InChI=1S/C21H24N4O4/c1-3-28-21(26)20-16(15-6-4-5-7-17(15)29-20)14-24-8-10-25(11-9-24)18-12-22-13-19(23-18)27-2/h4-7,12-13H,3,8-11,14H2,1-2H3. The summed E-state index contributed by atoms with van der Waals surface area (Å²) in [6.45, 7) is 6.03. The fourth-order valence-electron chi connectivity index (χ4n) is 3.57. The van der Waals surface area contributed by atoms with Gasteiger partial charge in [0.1, 0.15) is 5.58 Å². The molecule has 1 aliphatic rings. The number of carbonyl (C=O) groups is 1. The zero-order valence-corrected chi connectivity index (χ0v) is 16.6. The SMILES string of the molecule is CCOC(=O)c1oc2ccccc2c1CN1CCN(c2cncc(OC)n2)CC1. The number of nitrogens with zero attached hydrogens (tertiary/aromatic N) is 4. The molecule has 29 heavy (non-hydrogen) atoms. The Bertz CT molecular complexity index is 995. The van der Waals surface area contributed by atoms with E-state index in [-0.39, 0.29) is 0 Å². The first-order valence-corrected chi connectivity index (χ1v) is 9.70. The number of hydrogen-bond acceptors (Lipinski definition) is 8. The Balaban J connectivity index is 1.50. The summed E-state index contributed by atoms with van der Waals surface area (Å²) in [5, 5.41) is 0.955. The number of anilines is 1. The fraction of sp³-hybridized carbons (Fsp3) is 0.381. The predicted octanol–water partition coefficient (Wildman–Crippen LogP) is 2.73. The number of benzene rings is 1. The van der Waals surface area contributed by atoms with E-state index in [0.717, 1.165) is 42.9 Å². The van der Waals surface area contributed by atoms with Crippen LogP contribution in [-0.2, 0) is 11.3 Å². The third kappa shape index (κ3) is 4.02. The number of methoxy groups -OCH3 is 1. The van der Waals surface area contributed by atoms with Crippen molar-refractivity contribution in [1.82, 2.24) is 14.9 Å². The Morgan fingerprint density at radius 3 is 2.72 bits per heavy atom. The van der Waals surface area contributed by atoms with Gasteiger partial charge in [-0.25, -0.2) is 4.79 Å². The third-order valence-corrected chi connectivity index (χ3v) is 5.05. The van der Waals surface area contributed by atoms with Gasteiger partial charge >= 0.3 is 5.97 Å². The Morgan fingerprint density at radius 1 is 1.17 bits per heavy atom. The molecule has 0 aliphatic carbocycles. The van der Waals surface area contributed by atoms with Gasteiger partial charge in [-0.15, -0.1) is 0 Å². The normalized spacial score (nSPS) is 14.9. The average molecular weight is 396 g/mol. The summed E-state index contributed by atoms with van der Waals surface area (Å²) in [7, 11) is 1.59. The van der Waals surface area contributed by atoms with Crippen LogP contribution in [0.5, 0.6) is 5.88 Å². The molecule has 0 amide bonds. The summed E-state index contributed by atoms with van der Waals surface area (Å²) in [6.07, 6.45) is 3.35. The van der Waals surface area contributed by atoms with Gasteiger partial charge in [0.15, 0.2) is 5.82 Å². The lowest BCUT2D eigenvalue weighted by molar-refractivity contribution is 0.0489. The van der Waals surface area contributed by atoms with Gasteiger partial charge in [0.2, 0.25) is 11.6 Å². The first kappa shape index (κ1) is 19.2. The molecule has 0 radical (unpaired) electrons. The van der Waals surface area contributed by atoms with E-state index in [0.29, 0.717) is 30.4 Å². The van der Waals surface area contributed by atoms with Crippen molar-refractivity contribution < 1.29 is 18.7 Å². The van der Waals surface area contributed by atoms with Crippen LogP contribution in [0.2, 0.25) is 0 Å². The highest BCUT2D eigenvalue weighted by molar-refractivity contribution is 5.96. The van der Waals surface area contributed by atoms with Crippen molar-refractivity contribution >= 4 is 22.8 Å². The van der Waals surface area contributed by atoms with E-state index in [1.165, 1.54) is 0 Å². The Hall–Kier alpha value is -3.13. The number of piperazine rings is 1. The molecule has 1 saturated heterocycles. The molecule has 8 nitrogen and oxygen atoms in total. The van der Waals surface area contributed by atoms with Gasteiger partial charge in [-0.2, -0.15) is 4.98 Å². The van der Waals surface area contributed by atoms with Crippen molar-refractivity contribution in [2.24, 2.45) is 0 Å². The van der Waals surface area contributed by atoms with Crippen LogP contribution in [0.4, 0.5) is 5.82 Å². The van der Waals surface area contributed by atoms with E-state index in [2.05, 4.69) is 19.8 Å². The lowest BCUT2D eigenvalue weighted by Gasteiger charge is -2.35. The number of carbonyl (C=O) groups excluding carboxylic acids is 1. The van der Waals surface area contributed by atoms with Gasteiger partial charge in [0.05, 0.1) is 26.1 Å². The number of rotatable bonds is 6. The van der Waals surface area contributed by atoms with Crippen LogP contribution in [0.1, 0.15) is 23.0 Å². The third-order valence-electron chi connectivity index (χ3n) is 5.05. The fourth-order valence-corrected chi connectivity index (χ4v) is 3.57. The topological polar surface area (TPSA) is 80.9 Å². The molecule has 8 heteroatoms. The highest BCUT2D eigenvalue weighted by atomic mass is 16.5. The van der Waals surface area contributed by atoms with Crippen LogP contribution in [0.15, 0.2) is 41.1 Å². The van der Waals surface area contributed by atoms with E-state index >= 15 is 0 Å². The molecule has 0 atom stereocenters. The van der Waals surface area contributed by atoms with E-state index in [4.69, 9.17) is 13.9 Å². The molecule has 3 aromatic rings. The first-order valence-electron chi connectivity index (χ1n) is 9.70. The quantitative estimate of drug-likeness (QED) is 0.589. The summed E-state index contributed by atoms with van der Waals surface area (Å²) in [5.74, 6) is 1.21. The molecule has 1 fully saturated rings. The van der Waals surface area contributed by atoms with Gasteiger partial charge in [-0.05, 0) is 13.0 Å². The number of hydrogen-bond donors (Lipinski definition) is 0. The molecule has 0 N–H and O–H groups in total. The monoisotopic (exact) mass is 396 g/mol. The second-order valence-corrected chi connectivity index (χ2v) is 6.81. The number of furan rings is 1. The molecule has 2 aromatic heterocycles. The van der Waals surface area contributed by atoms with E-state index in [1.54, 1.807) is 26.4 Å². The molecule has 152 valence electrons. The van der Waals surface area contributed by atoms with Crippen molar-refractivity contribution in [2.45, 2.75) is 13.5 Å². The van der Waals surface area contributed by atoms with Crippen LogP contribution in [0, 0.1) is 0 Å². The smallest absolute Gasteiger partial charge is 0.374 e. The molecule has 0 unspecified atom stereocenters. The maximum absolute atomic E-state index is 12.4. The van der Waals surface area contributed by atoms with Crippen LogP contribution in [0.3, 0.4) is 0 Å². The van der Waals surface area contributed by atoms with Gasteiger partial charge in [-0.1, -0.05) is 18.2 Å². The largest absolute Gasteiger partial charge is 0.480 e. The van der Waals surface area contributed by atoms with Crippen molar-refractivity contribution in [3.63, 3.8) is 0 Å². The maximum atomic E-state index is 12.4. The van der Waals surface area contributed by atoms with Gasteiger partial charge < -0.3 is 18.8 Å². The zero-order chi connectivity index (χ0) is 20.2. The van der Waals surface area contributed by atoms with Gasteiger partial charge in [0, 0.05) is 43.7 Å². The lowest BCUT2D eigenvalue weighted by Crippen LogP contribution is -2.46. The Morgan fingerprint density at radius 2 is 1.97 bits per heavy atom. The number of fused-ring (bicyclic) bond motifs is 1. The summed E-state index contributed by atoms with van der Waals surface area (Å²) < 4.78 is 16.2. The van der Waals surface area contributed by atoms with E-state index in [9.17, 15) is 4.79 Å². The highest BCUT2D eigenvalue weighted by Gasteiger charge is 2.25. The van der Waals surface area contributed by atoms with Crippen molar-refractivity contribution in [2.75, 3.05) is 44.8 Å². The van der Waals surface area contributed by atoms with Crippen LogP contribution in [0.25, 0.3) is 11.0 Å². The number of ether oxygens (including phenoxy) is 2. The van der Waals surface area contributed by atoms with Gasteiger partial charge in [-0.3, -0.25) is 9.88 Å². The molecular weight excluding hydrogens is 372 g/mol.